The molecule has 0 heterocycles. The third-order valence-corrected chi connectivity index (χ3v) is 3.19. The number of likely N-dealkylation sites (N-methyl/N-ethyl adjacent to an activating group) is 1. The maximum Gasteiger partial charge on any atom is 0.317 e. The summed E-state index contributed by atoms with van der Waals surface area (Å²) in [6.45, 7) is 8.79. The zero-order chi connectivity index (χ0) is 16.7. The van der Waals surface area contributed by atoms with Gasteiger partial charge in [-0.1, -0.05) is 26.0 Å². The molecule has 0 spiro atoms. The van der Waals surface area contributed by atoms with Gasteiger partial charge in [0, 0.05) is 13.6 Å². The lowest BCUT2D eigenvalue weighted by atomic mass is 10.1. The zero-order valence-electron chi connectivity index (χ0n) is 14.2. The maximum absolute atomic E-state index is 12.0. The normalized spacial score (nSPS) is 13.6. The quantitative estimate of drug-likeness (QED) is 0.814. The van der Waals surface area contributed by atoms with Crippen LogP contribution in [0.5, 0.6) is 5.75 Å². The Balaban J connectivity index is 2.54. The van der Waals surface area contributed by atoms with Gasteiger partial charge in [-0.05, 0) is 37.5 Å². The van der Waals surface area contributed by atoms with Crippen LogP contribution >= 0.6 is 0 Å². The van der Waals surface area contributed by atoms with Crippen molar-refractivity contribution in [3.05, 3.63) is 29.8 Å². The molecule has 0 saturated carbocycles. The first-order valence-electron chi connectivity index (χ1n) is 7.72. The van der Waals surface area contributed by atoms with Crippen molar-refractivity contribution in [1.29, 1.82) is 0 Å². The number of carbonyl (C=O) groups is 1. The van der Waals surface area contributed by atoms with E-state index < -0.39 is 6.10 Å². The SMILES string of the molecule is CC(C)COc1ccc(C(C)NC(=O)N(C)CC(C)O)cc1. The van der Waals surface area contributed by atoms with E-state index in [9.17, 15) is 9.90 Å². The van der Waals surface area contributed by atoms with Crippen molar-refractivity contribution in [2.45, 2.75) is 39.8 Å². The topological polar surface area (TPSA) is 61.8 Å². The van der Waals surface area contributed by atoms with Gasteiger partial charge in [0.2, 0.25) is 0 Å². The zero-order valence-corrected chi connectivity index (χ0v) is 14.2. The molecular formula is C17H28N2O3. The van der Waals surface area contributed by atoms with Crippen LogP contribution < -0.4 is 10.1 Å². The number of rotatable bonds is 7. The molecule has 1 aromatic carbocycles. The second kappa shape index (κ2) is 8.63. The average molecular weight is 308 g/mol. The number of hydrogen-bond acceptors (Lipinski definition) is 3. The summed E-state index contributed by atoms with van der Waals surface area (Å²) in [7, 11) is 1.66. The number of carbonyl (C=O) groups excluding carboxylic acids is 1. The Morgan fingerprint density at radius 1 is 1.23 bits per heavy atom. The lowest BCUT2D eigenvalue weighted by molar-refractivity contribution is 0.142. The number of nitrogens with one attached hydrogen (secondary N) is 1. The van der Waals surface area contributed by atoms with Crippen LogP contribution in [0.1, 0.15) is 39.3 Å². The number of hydrogen-bond donors (Lipinski definition) is 2. The van der Waals surface area contributed by atoms with E-state index in [0.717, 1.165) is 11.3 Å². The summed E-state index contributed by atoms with van der Waals surface area (Å²) >= 11 is 0. The molecule has 2 N–H and O–H groups in total. The Labute approximate surface area is 133 Å². The predicted octanol–water partition coefficient (Wildman–Crippen LogP) is 2.80. The van der Waals surface area contributed by atoms with Crippen molar-refractivity contribution in [3.8, 4) is 5.75 Å². The molecule has 0 fully saturated rings. The average Bonchev–Trinajstić information content (AvgIpc) is 2.44. The first-order valence-corrected chi connectivity index (χ1v) is 7.72. The van der Waals surface area contributed by atoms with Crippen LogP contribution in [0, 0.1) is 5.92 Å². The summed E-state index contributed by atoms with van der Waals surface area (Å²) in [4.78, 5) is 13.5. The van der Waals surface area contributed by atoms with Crippen LogP contribution in [0.25, 0.3) is 0 Å². The van der Waals surface area contributed by atoms with Gasteiger partial charge in [-0.25, -0.2) is 4.79 Å². The number of aliphatic hydroxyl groups is 1. The van der Waals surface area contributed by atoms with Crippen LogP contribution in [0.2, 0.25) is 0 Å². The largest absolute Gasteiger partial charge is 0.493 e. The number of amides is 2. The maximum atomic E-state index is 12.0. The summed E-state index contributed by atoms with van der Waals surface area (Å²) in [6, 6.07) is 7.43. The second-order valence-electron chi connectivity index (χ2n) is 6.17. The number of ether oxygens (including phenoxy) is 1. The van der Waals surface area contributed by atoms with Crippen LogP contribution in [0.15, 0.2) is 24.3 Å². The first-order chi connectivity index (χ1) is 10.3. The molecule has 5 nitrogen and oxygen atoms in total. The van der Waals surface area contributed by atoms with Crippen LogP contribution in [-0.4, -0.2) is 42.3 Å². The molecular weight excluding hydrogens is 280 g/mol. The lowest BCUT2D eigenvalue weighted by Gasteiger charge is -2.22. The third kappa shape index (κ3) is 6.35. The smallest absolute Gasteiger partial charge is 0.317 e. The van der Waals surface area contributed by atoms with E-state index in [1.807, 2.05) is 31.2 Å². The van der Waals surface area contributed by atoms with Crippen molar-refractivity contribution in [2.75, 3.05) is 20.2 Å². The Morgan fingerprint density at radius 2 is 1.82 bits per heavy atom. The molecule has 0 saturated heterocycles. The summed E-state index contributed by atoms with van der Waals surface area (Å²) in [5.41, 5.74) is 1.01. The van der Waals surface area contributed by atoms with Gasteiger partial charge in [-0.2, -0.15) is 0 Å². The highest BCUT2D eigenvalue weighted by atomic mass is 16.5. The third-order valence-electron chi connectivity index (χ3n) is 3.19. The highest BCUT2D eigenvalue weighted by Gasteiger charge is 2.14. The fourth-order valence-electron chi connectivity index (χ4n) is 1.97. The monoisotopic (exact) mass is 308 g/mol. The Bertz CT molecular complexity index is 457. The van der Waals surface area contributed by atoms with E-state index in [0.29, 0.717) is 19.1 Å². The Hall–Kier alpha value is -1.75. The van der Waals surface area contributed by atoms with Crippen molar-refractivity contribution < 1.29 is 14.6 Å². The number of aliphatic hydroxyl groups excluding tert-OH is 1. The molecule has 22 heavy (non-hydrogen) atoms. The van der Waals surface area contributed by atoms with Gasteiger partial charge >= 0.3 is 6.03 Å². The van der Waals surface area contributed by atoms with E-state index in [2.05, 4.69) is 19.2 Å². The van der Waals surface area contributed by atoms with Gasteiger partial charge < -0.3 is 20.1 Å². The lowest BCUT2D eigenvalue weighted by Crippen LogP contribution is -2.41. The highest BCUT2D eigenvalue weighted by Crippen LogP contribution is 2.18. The van der Waals surface area contributed by atoms with E-state index >= 15 is 0 Å². The number of benzene rings is 1. The van der Waals surface area contributed by atoms with E-state index in [4.69, 9.17) is 4.74 Å². The Morgan fingerprint density at radius 3 is 2.32 bits per heavy atom. The van der Waals surface area contributed by atoms with Gasteiger partial charge in [-0.15, -0.1) is 0 Å². The van der Waals surface area contributed by atoms with Gasteiger partial charge in [0.25, 0.3) is 0 Å². The summed E-state index contributed by atoms with van der Waals surface area (Å²) in [5.74, 6) is 1.32. The molecule has 2 amide bonds. The molecule has 0 aliphatic heterocycles. The highest BCUT2D eigenvalue weighted by molar-refractivity contribution is 5.74. The van der Waals surface area contributed by atoms with Gasteiger partial charge in [0.05, 0.1) is 18.8 Å². The summed E-state index contributed by atoms with van der Waals surface area (Å²) in [6.07, 6.45) is -0.538. The fourth-order valence-corrected chi connectivity index (χ4v) is 1.97. The second-order valence-corrected chi connectivity index (χ2v) is 6.17. The molecule has 2 unspecified atom stereocenters. The summed E-state index contributed by atoms with van der Waals surface area (Å²) < 4.78 is 5.64. The first kappa shape index (κ1) is 18.3. The molecule has 1 rings (SSSR count). The molecule has 1 aromatic rings. The molecule has 0 radical (unpaired) electrons. The summed E-state index contributed by atoms with van der Waals surface area (Å²) in [5, 5.41) is 12.2. The van der Waals surface area contributed by atoms with Gasteiger partial charge in [0.15, 0.2) is 0 Å². The van der Waals surface area contributed by atoms with E-state index in [1.54, 1.807) is 14.0 Å². The van der Waals surface area contributed by atoms with Gasteiger partial charge in [0.1, 0.15) is 5.75 Å². The predicted molar refractivity (Wildman–Crippen MR) is 88.0 cm³/mol. The molecule has 0 aliphatic rings. The van der Waals surface area contributed by atoms with Gasteiger partial charge in [-0.3, -0.25) is 0 Å². The minimum atomic E-state index is -0.538. The molecule has 2 atom stereocenters. The molecule has 124 valence electrons. The van der Waals surface area contributed by atoms with Crippen molar-refractivity contribution in [3.63, 3.8) is 0 Å². The van der Waals surface area contributed by atoms with E-state index in [-0.39, 0.29) is 12.1 Å². The minimum Gasteiger partial charge on any atom is -0.493 e. The molecule has 5 heteroatoms. The van der Waals surface area contributed by atoms with Crippen molar-refractivity contribution in [2.24, 2.45) is 5.92 Å². The standard InChI is InChI=1S/C17H28N2O3/c1-12(2)11-22-16-8-6-15(7-9-16)14(4)18-17(21)19(5)10-13(3)20/h6-9,12-14,20H,10-11H2,1-5H3,(H,18,21). The van der Waals surface area contributed by atoms with Crippen LogP contribution in [-0.2, 0) is 0 Å². The van der Waals surface area contributed by atoms with Crippen LogP contribution in [0.3, 0.4) is 0 Å². The minimum absolute atomic E-state index is 0.108. The van der Waals surface area contributed by atoms with Crippen molar-refractivity contribution in [1.82, 2.24) is 10.2 Å². The molecule has 0 aliphatic carbocycles. The van der Waals surface area contributed by atoms with E-state index in [1.165, 1.54) is 4.90 Å². The molecule has 0 bridgehead atoms. The molecule has 0 aromatic heterocycles. The van der Waals surface area contributed by atoms with Crippen LogP contribution in [0.4, 0.5) is 4.79 Å². The number of nitrogens with zero attached hydrogens (tertiary/aromatic N) is 1. The van der Waals surface area contributed by atoms with Crippen molar-refractivity contribution >= 4 is 6.03 Å². The Kier molecular flexibility index (Phi) is 7.18. The fraction of sp³-hybridized carbons (Fsp3) is 0.588. The number of urea groups is 1.